The quantitative estimate of drug-likeness (QED) is 0.838. The molecule has 2 fully saturated rings. The molecule has 3 atom stereocenters. The fourth-order valence-corrected chi connectivity index (χ4v) is 3.35. The minimum absolute atomic E-state index is 0.178. The molecule has 0 aromatic rings. The Morgan fingerprint density at radius 1 is 1.17 bits per heavy atom. The van der Waals surface area contributed by atoms with Crippen molar-refractivity contribution in [2.24, 2.45) is 0 Å². The van der Waals surface area contributed by atoms with Crippen LogP contribution in [0.3, 0.4) is 0 Å². The van der Waals surface area contributed by atoms with Crippen LogP contribution in [-0.4, -0.2) is 48.0 Å². The first-order valence-corrected chi connectivity index (χ1v) is 7.79. The Labute approximate surface area is 112 Å². The second-order valence-corrected chi connectivity index (χ2v) is 6.07. The third-order valence-electron chi connectivity index (χ3n) is 4.32. The first-order valence-electron chi connectivity index (χ1n) is 7.79. The molecule has 1 N–H and O–H groups in total. The number of aliphatic hydroxyl groups excluding tert-OH is 1. The third-order valence-corrected chi connectivity index (χ3v) is 4.32. The highest BCUT2D eigenvalue weighted by Gasteiger charge is 2.25. The van der Waals surface area contributed by atoms with E-state index in [1.807, 2.05) is 6.92 Å². The fraction of sp³-hybridized carbons (Fsp3) is 1.00. The maximum absolute atomic E-state index is 9.66. The molecule has 0 bridgehead atoms. The summed E-state index contributed by atoms with van der Waals surface area (Å²) in [7, 11) is 0. The number of likely N-dealkylation sites (tertiary alicyclic amines) is 1. The van der Waals surface area contributed by atoms with Crippen molar-refractivity contribution in [3.05, 3.63) is 0 Å². The van der Waals surface area contributed by atoms with Crippen LogP contribution >= 0.6 is 0 Å². The maximum Gasteiger partial charge on any atom is 0.0702 e. The number of hydrogen-bond acceptors (Lipinski definition) is 3. The van der Waals surface area contributed by atoms with E-state index >= 15 is 0 Å². The van der Waals surface area contributed by atoms with Gasteiger partial charge >= 0.3 is 0 Å². The summed E-state index contributed by atoms with van der Waals surface area (Å²) in [5.41, 5.74) is 0. The van der Waals surface area contributed by atoms with Crippen molar-refractivity contribution in [1.29, 1.82) is 0 Å². The Balaban J connectivity index is 1.87. The lowest BCUT2D eigenvalue weighted by Gasteiger charge is -2.35. The lowest BCUT2D eigenvalue weighted by atomic mass is 10.0. The molecule has 2 aliphatic heterocycles. The molecule has 3 heteroatoms. The Morgan fingerprint density at radius 3 is 2.72 bits per heavy atom. The van der Waals surface area contributed by atoms with Crippen molar-refractivity contribution < 1.29 is 9.84 Å². The van der Waals surface area contributed by atoms with E-state index in [4.69, 9.17) is 4.74 Å². The number of aliphatic hydroxyl groups is 1. The van der Waals surface area contributed by atoms with Gasteiger partial charge in [0.2, 0.25) is 0 Å². The summed E-state index contributed by atoms with van der Waals surface area (Å²) in [5, 5.41) is 9.66. The first kappa shape index (κ1) is 14.3. The van der Waals surface area contributed by atoms with Crippen LogP contribution in [0.2, 0.25) is 0 Å². The van der Waals surface area contributed by atoms with Crippen LogP contribution in [0.1, 0.15) is 58.3 Å². The van der Waals surface area contributed by atoms with Gasteiger partial charge in [-0.1, -0.05) is 12.8 Å². The molecule has 0 aliphatic carbocycles. The zero-order chi connectivity index (χ0) is 12.8. The van der Waals surface area contributed by atoms with Gasteiger partial charge in [0, 0.05) is 19.2 Å². The van der Waals surface area contributed by atoms with E-state index in [0.717, 1.165) is 19.6 Å². The fourth-order valence-electron chi connectivity index (χ4n) is 3.35. The van der Waals surface area contributed by atoms with E-state index in [-0.39, 0.29) is 6.10 Å². The monoisotopic (exact) mass is 255 g/mol. The number of ether oxygens (including phenoxy) is 1. The molecule has 106 valence electrons. The van der Waals surface area contributed by atoms with Gasteiger partial charge in [0.05, 0.1) is 12.2 Å². The number of rotatable bonds is 4. The van der Waals surface area contributed by atoms with Crippen LogP contribution in [0.4, 0.5) is 0 Å². The van der Waals surface area contributed by atoms with Crippen LogP contribution in [-0.2, 0) is 4.74 Å². The first-order chi connectivity index (χ1) is 8.75. The van der Waals surface area contributed by atoms with Crippen molar-refractivity contribution in [1.82, 2.24) is 4.90 Å². The van der Waals surface area contributed by atoms with Gasteiger partial charge in [0.15, 0.2) is 0 Å². The lowest BCUT2D eigenvalue weighted by molar-refractivity contribution is -0.0174. The normalized spacial score (nSPS) is 33.0. The minimum Gasteiger partial charge on any atom is -0.393 e. The smallest absolute Gasteiger partial charge is 0.0702 e. The van der Waals surface area contributed by atoms with Gasteiger partial charge in [-0.15, -0.1) is 0 Å². The van der Waals surface area contributed by atoms with E-state index in [0.29, 0.717) is 12.1 Å². The van der Waals surface area contributed by atoms with E-state index in [1.54, 1.807) is 0 Å². The highest BCUT2D eigenvalue weighted by molar-refractivity contribution is 4.80. The van der Waals surface area contributed by atoms with Crippen LogP contribution in [0.25, 0.3) is 0 Å². The summed E-state index contributed by atoms with van der Waals surface area (Å²) >= 11 is 0. The Morgan fingerprint density at radius 2 is 2.00 bits per heavy atom. The van der Waals surface area contributed by atoms with E-state index in [2.05, 4.69) is 4.90 Å². The molecule has 2 saturated heterocycles. The molecule has 0 radical (unpaired) electrons. The zero-order valence-electron chi connectivity index (χ0n) is 11.8. The molecule has 2 aliphatic rings. The highest BCUT2D eigenvalue weighted by atomic mass is 16.5. The van der Waals surface area contributed by atoms with E-state index < -0.39 is 0 Å². The van der Waals surface area contributed by atoms with Crippen molar-refractivity contribution in [3.63, 3.8) is 0 Å². The molecule has 2 rings (SSSR count). The lowest BCUT2D eigenvalue weighted by Crippen LogP contribution is -2.43. The van der Waals surface area contributed by atoms with Crippen LogP contribution in [0.5, 0.6) is 0 Å². The van der Waals surface area contributed by atoms with Gasteiger partial charge in [-0.25, -0.2) is 0 Å². The van der Waals surface area contributed by atoms with E-state index in [9.17, 15) is 5.11 Å². The molecule has 0 spiro atoms. The second kappa shape index (κ2) is 7.46. The van der Waals surface area contributed by atoms with Gasteiger partial charge in [-0.3, -0.25) is 4.90 Å². The average Bonchev–Trinajstić information content (AvgIpc) is 2.56. The molecule has 0 aromatic heterocycles. The summed E-state index contributed by atoms with van der Waals surface area (Å²) in [5.74, 6) is 0. The average molecular weight is 255 g/mol. The van der Waals surface area contributed by atoms with Crippen molar-refractivity contribution >= 4 is 0 Å². The van der Waals surface area contributed by atoms with Gasteiger partial charge < -0.3 is 9.84 Å². The second-order valence-electron chi connectivity index (χ2n) is 6.07. The standard InChI is InChI=1S/C15H29NO2/c1-13(17)11-14-7-3-2-5-9-16(14)12-15-8-4-6-10-18-15/h13-15,17H,2-12H2,1H3. The number of hydrogen-bond donors (Lipinski definition) is 1. The van der Waals surface area contributed by atoms with Gasteiger partial charge in [0.25, 0.3) is 0 Å². The third kappa shape index (κ3) is 4.52. The molecule has 3 unspecified atom stereocenters. The van der Waals surface area contributed by atoms with Gasteiger partial charge in [-0.2, -0.15) is 0 Å². The molecular formula is C15H29NO2. The summed E-state index contributed by atoms with van der Waals surface area (Å²) in [6, 6.07) is 0.568. The molecule has 0 aromatic carbocycles. The predicted octanol–water partition coefficient (Wildman–Crippen LogP) is 2.57. The molecular weight excluding hydrogens is 226 g/mol. The Hall–Kier alpha value is -0.120. The predicted molar refractivity (Wildman–Crippen MR) is 73.7 cm³/mol. The van der Waals surface area contributed by atoms with Crippen molar-refractivity contribution in [3.8, 4) is 0 Å². The van der Waals surface area contributed by atoms with Gasteiger partial charge in [0.1, 0.15) is 0 Å². The summed E-state index contributed by atoms with van der Waals surface area (Å²) < 4.78 is 5.87. The Bertz CT molecular complexity index is 227. The highest BCUT2D eigenvalue weighted by Crippen LogP contribution is 2.23. The summed E-state index contributed by atoms with van der Waals surface area (Å²) in [4.78, 5) is 2.59. The Kier molecular flexibility index (Phi) is 5.93. The van der Waals surface area contributed by atoms with E-state index in [1.165, 1.54) is 51.5 Å². The molecule has 18 heavy (non-hydrogen) atoms. The van der Waals surface area contributed by atoms with Crippen LogP contribution in [0, 0.1) is 0 Å². The number of nitrogens with zero attached hydrogens (tertiary/aromatic N) is 1. The van der Waals surface area contributed by atoms with Crippen LogP contribution < -0.4 is 0 Å². The summed E-state index contributed by atoms with van der Waals surface area (Å²) in [6.45, 7) is 5.13. The molecule has 0 saturated carbocycles. The van der Waals surface area contributed by atoms with Crippen LogP contribution in [0.15, 0.2) is 0 Å². The molecule has 2 heterocycles. The van der Waals surface area contributed by atoms with Gasteiger partial charge in [-0.05, 0) is 52.0 Å². The largest absolute Gasteiger partial charge is 0.393 e. The zero-order valence-corrected chi connectivity index (χ0v) is 11.8. The molecule has 0 amide bonds. The summed E-state index contributed by atoms with van der Waals surface area (Å²) in [6.07, 6.45) is 10.2. The topological polar surface area (TPSA) is 32.7 Å². The molecule has 3 nitrogen and oxygen atoms in total. The minimum atomic E-state index is -0.178. The van der Waals surface area contributed by atoms with Crippen molar-refractivity contribution in [2.45, 2.75) is 76.5 Å². The van der Waals surface area contributed by atoms with Crippen molar-refractivity contribution in [2.75, 3.05) is 19.7 Å². The maximum atomic E-state index is 9.66. The SMILES string of the molecule is CC(O)CC1CCCCCN1CC1CCCCO1.